The van der Waals surface area contributed by atoms with Crippen LogP contribution in [0, 0.1) is 0 Å². The van der Waals surface area contributed by atoms with Gasteiger partial charge in [-0.2, -0.15) is 0 Å². The Morgan fingerprint density at radius 3 is 2.29 bits per heavy atom. The zero-order valence-corrected chi connectivity index (χ0v) is 13.1. The van der Waals surface area contributed by atoms with Gasteiger partial charge in [-0.15, -0.1) is 23.4 Å². The topological polar surface area (TPSA) is 47.5 Å². The van der Waals surface area contributed by atoms with Crippen LogP contribution in [0.3, 0.4) is 0 Å². The van der Waals surface area contributed by atoms with Gasteiger partial charge in [0.2, 0.25) is 5.88 Å². The van der Waals surface area contributed by atoms with E-state index < -0.39 is 6.36 Å². The number of hydrogen-bond acceptors (Lipinski definition) is 5. The molecule has 1 aromatic heterocycles. The van der Waals surface area contributed by atoms with Gasteiger partial charge in [-0.05, 0) is 37.3 Å². The normalized spacial score (nSPS) is 12.4. The fourth-order valence-electron chi connectivity index (χ4n) is 1.80. The van der Waals surface area contributed by atoms with Crippen molar-refractivity contribution < 1.29 is 22.6 Å². The van der Waals surface area contributed by atoms with Crippen molar-refractivity contribution >= 4 is 11.5 Å². The van der Waals surface area contributed by atoms with Crippen LogP contribution in [-0.4, -0.2) is 29.7 Å². The second kappa shape index (κ2) is 7.20. The molecule has 0 fully saturated rings. The zero-order valence-electron chi connectivity index (χ0n) is 13.1. The van der Waals surface area contributed by atoms with Gasteiger partial charge in [0, 0.05) is 18.8 Å². The molecule has 1 aromatic carbocycles. The lowest BCUT2D eigenvalue weighted by Crippen LogP contribution is -2.17. The van der Waals surface area contributed by atoms with Gasteiger partial charge < -0.3 is 14.4 Å². The highest BCUT2D eigenvalue weighted by Crippen LogP contribution is 2.27. The van der Waals surface area contributed by atoms with Crippen LogP contribution in [0.2, 0.25) is 0 Å². The van der Waals surface area contributed by atoms with Crippen LogP contribution in [0.4, 0.5) is 24.7 Å². The minimum atomic E-state index is -4.71. The number of anilines is 2. The Hall–Kier alpha value is -2.77. The van der Waals surface area contributed by atoms with Crippen molar-refractivity contribution in [1.82, 2.24) is 10.2 Å². The summed E-state index contributed by atoms with van der Waals surface area (Å²) in [6.45, 7) is 5.43. The Bertz CT molecular complexity index is 672. The van der Waals surface area contributed by atoms with Gasteiger partial charge in [-0.1, -0.05) is 12.7 Å². The minimum Gasteiger partial charge on any atom is -0.469 e. The van der Waals surface area contributed by atoms with Crippen LogP contribution >= 0.6 is 0 Å². The molecule has 0 aliphatic rings. The van der Waals surface area contributed by atoms with E-state index in [9.17, 15) is 13.2 Å². The first-order valence-electron chi connectivity index (χ1n) is 7.01. The molecule has 0 aliphatic heterocycles. The molecule has 0 amide bonds. The first-order valence-corrected chi connectivity index (χ1v) is 7.01. The average Bonchev–Trinajstić information content (AvgIpc) is 2.54. The number of rotatable bonds is 6. The van der Waals surface area contributed by atoms with Gasteiger partial charge in [0.25, 0.3) is 0 Å². The van der Waals surface area contributed by atoms with Crippen LogP contribution in [0.15, 0.2) is 49.1 Å². The molecule has 0 bridgehead atoms. The smallest absolute Gasteiger partial charge is 0.469 e. The van der Waals surface area contributed by atoms with Crippen LogP contribution in [-0.2, 0) is 0 Å². The maximum Gasteiger partial charge on any atom is 0.573 e. The van der Waals surface area contributed by atoms with Gasteiger partial charge in [0.1, 0.15) is 11.9 Å². The second-order valence-corrected chi connectivity index (χ2v) is 4.89. The lowest BCUT2D eigenvalue weighted by atomic mass is 10.3. The summed E-state index contributed by atoms with van der Waals surface area (Å²) in [5.74, 6) is 0.583. The summed E-state index contributed by atoms with van der Waals surface area (Å²) >= 11 is 0. The number of alkyl halides is 3. The number of nitrogens with zero attached hydrogens (tertiary/aromatic N) is 3. The van der Waals surface area contributed by atoms with Gasteiger partial charge in [-0.3, -0.25) is 0 Å². The van der Waals surface area contributed by atoms with Crippen molar-refractivity contribution in [2.75, 3.05) is 11.9 Å². The number of hydrogen-bond donors (Lipinski definition) is 0. The molecule has 5 nitrogen and oxygen atoms in total. The molecule has 0 saturated carbocycles. The van der Waals surface area contributed by atoms with E-state index in [0.717, 1.165) is 0 Å². The van der Waals surface area contributed by atoms with E-state index in [0.29, 0.717) is 17.4 Å². The highest BCUT2D eigenvalue weighted by molar-refractivity contribution is 5.59. The van der Waals surface area contributed by atoms with E-state index in [-0.39, 0.29) is 11.9 Å². The lowest BCUT2D eigenvalue weighted by molar-refractivity contribution is -0.274. The second-order valence-electron chi connectivity index (χ2n) is 4.89. The molecule has 1 heterocycles. The molecule has 8 heteroatoms. The fraction of sp³-hybridized carbons (Fsp3) is 0.250. The molecular weight excluding hydrogens is 323 g/mol. The first-order chi connectivity index (χ1) is 11.3. The molecule has 1 unspecified atom stereocenters. The highest BCUT2D eigenvalue weighted by Gasteiger charge is 2.31. The van der Waals surface area contributed by atoms with Gasteiger partial charge in [0.05, 0.1) is 0 Å². The molecule has 0 saturated heterocycles. The van der Waals surface area contributed by atoms with E-state index in [1.165, 1.54) is 24.3 Å². The molecule has 0 radical (unpaired) electrons. The Kier molecular flexibility index (Phi) is 5.28. The Morgan fingerprint density at radius 2 is 1.79 bits per heavy atom. The predicted molar refractivity (Wildman–Crippen MR) is 83.5 cm³/mol. The molecule has 2 aromatic rings. The van der Waals surface area contributed by atoms with E-state index in [1.807, 2.05) is 6.92 Å². The molecule has 24 heavy (non-hydrogen) atoms. The third-order valence-electron chi connectivity index (χ3n) is 3.07. The third-order valence-corrected chi connectivity index (χ3v) is 3.07. The standard InChI is InChI=1S/C16H16F3N3O2/c1-4-11(2)23-15-10-9-14(20-21-15)22(3)12-5-7-13(8-6-12)24-16(17,18)19/h4-11H,1H2,2-3H3. The maximum atomic E-state index is 12.2. The molecule has 2 rings (SSSR count). The van der Waals surface area contributed by atoms with Gasteiger partial charge in [-0.25, -0.2) is 0 Å². The van der Waals surface area contributed by atoms with E-state index in [2.05, 4.69) is 21.5 Å². The Balaban J connectivity index is 2.08. The summed E-state index contributed by atoms with van der Waals surface area (Å²) in [5, 5.41) is 7.97. The third kappa shape index (κ3) is 4.87. The zero-order chi connectivity index (χ0) is 17.7. The molecule has 1 atom stereocenters. The summed E-state index contributed by atoms with van der Waals surface area (Å²) in [6, 6.07) is 8.80. The average molecular weight is 339 g/mol. The number of aromatic nitrogens is 2. The summed E-state index contributed by atoms with van der Waals surface area (Å²) in [5.41, 5.74) is 0.631. The summed E-state index contributed by atoms with van der Waals surface area (Å²) < 4.78 is 45.7. The first kappa shape index (κ1) is 17.6. The summed E-state index contributed by atoms with van der Waals surface area (Å²) in [7, 11) is 1.72. The SMILES string of the molecule is C=CC(C)Oc1ccc(N(C)c2ccc(OC(F)(F)F)cc2)nn1. The fourth-order valence-corrected chi connectivity index (χ4v) is 1.80. The number of ether oxygens (including phenoxy) is 2. The molecular formula is C16H16F3N3O2. The maximum absolute atomic E-state index is 12.2. The molecule has 0 spiro atoms. The van der Waals surface area contributed by atoms with Crippen molar-refractivity contribution in [1.29, 1.82) is 0 Å². The minimum absolute atomic E-state index is 0.191. The highest BCUT2D eigenvalue weighted by atomic mass is 19.4. The largest absolute Gasteiger partial charge is 0.573 e. The van der Waals surface area contributed by atoms with Crippen LogP contribution in [0.5, 0.6) is 11.6 Å². The van der Waals surface area contributed by atoms with Crippen molar-refractivity contribution in [2.45, 2.75) is 19.4 Å². The summed E-state index contributed by atoms with van der Waals surface area (Å²) in [6.07, 6.45) is -3.27. The summed E-state index contributed by atoms with van der Waals surface area (Å²) in [4.78, 5) is 1.67. The van der Waals surface area contributed by atoms with Crippen LogP contribution < -0.4 is 14.4 Å². The van der Waals surface area contributed by atoms with Crippen LogP contribution in [0.25, 0.3) is 0 Å². The monoisotopic (exact) mass is 339 g/mol. The van der Waals surface area contributed by atoms with Crippen LogP contribution in [0.1, 0.15) is 6.92 Å². The molecule has 0 aliphatic carbocycles. The lowest BCUT2D eigenvalue weighted by Gasteiger charge is -2.18. The van der Waals surface area contributed by atoms with Crippen molar-refractivity contribution in [3.8, 4) is 11.6 Å². The predicted octanol–water partition coefficient (Wildman–Crippen LogP) is 4.10. The number of benzene rings is 1. The van der Waals surface area contributed by atoms with Gasteiger partial charge >= 0.3 is 6.36 Å². The Labute approximate surface area is 137 Å². The van der Waals surface area contributed by atoms with E-state index >= 15 is 0 Å². The molecule has 0 N–H and O–H groups in total. The molecule has 128 valence electrons. The van der Waals surface area contributed by atoms with E-state index in [4.69, 9.17) is 4.74 Å². The van der Waals surface area contributed by atoms with Gasteiger partial charge in [0.15, 0.2) is 5.82 Å². The van der Waals surface area contributed by atoms with Crippen molar-refractivity contribution in [3.05, 3.63) is 49.1 Å². The van der Waals surface area contributed by atoms with E-state index in [1.54, 1.807) is 30.2 Å². The quantitative estimate of drug-likeness (QED) is 0.742. The Morgan fingerprint density at radius 1 is 1.12 bits per heavy atom. The van der Waals surface area contributed by atoms with Crippen molar-refractivity contribution in [3.63, 3.8) is 0 Å². The number of halogens is 3. The van der Waals surface area contributed by atoms with Crippen molar-refractivity contribution in [2.24, 2.45) is 0 Å².